The van der Waals surface area contributed by atoms with Crippen molar-refractivity contribution in [3.05, 3.63) is 18.6 Å². The topological polar surface area (TPSA) is 54.2 Å². The van der Waals surface area contributed by atoms with E-state index in [4.69, 9.17) is 5.11 Å². The largest absolute Gasteiger partial charge is 0.396 e. The summed E-state index contributed by atoms with van der Waals surface area (Å²) >= 11 is 0. The van der Waals surface area contributed by atoms with Crippen LogP contribution >= 0.6 is 0 Å². The smallest absolute Gasteiger partial charge is 0.156 e. The van der Waals surface area contributed by atoms with E-state index >= 15 is 0 Å². The molecule has 5 heteroatoms. The lowest BCUT2D eigenvalue weighted by Gasteiger charge is -2.33. The summed E-state index contributed by atoms with van der Waals surface area (Å²) in [5.74, 6) is 1.56. The van der Waals surface area contributed by atoms with Gasteiger partial charge in [0.15, 0.2) is 5.82 Å². The van der Waals surface area contributed by atoms with Crippen molar-refractivity contribution in [2.75, 3.05) is 24.6 Å². The predicted octanol–water partition coefficient (Wildman–Crippen LogP) is 1.57. The van der Waals surface area contributed by atoms with Crippen molar-refractivity contribution in [1.82, 2.24) is 14.5 Å². The molecule has 5 nitrogen and oxygen atoms in total. The molecule has 0 saturated carbocycles. The van der Waals surface area contributed by atoms with Crippen molar-refractivity contribution >= 4 is 16.9 Å². The van der Waals surface area contributed by atoms with Crippen molar-refractivity contribution in [1.29, 1.82) is 0 Å². The molecular weight excluding hydrogens is 240 g/mol. The predicted molar refractivity (Wildman–Crippen MR) is 75.1 cm³/mol. The molecule has 102 valence electrons. The zero-order chi connectivity index (χ0) is 13.2. The highest BCUT2D eigenvalue weighted by Gasteiger charge is 2.22. The van der Waals surface area contributed by atoms with Crippen molar-refractivity contribution in [2.45, 2.75) is 19.3 Å². The number of aromatic nitrogens is 3. The minimum atomic E-state index is 0.278. The zero-order valence-electron chi connectivity index (χ0n) is 11.3. The molecule has 1 aliphatic rings. The molecule has 0 radical (unpaired) electrons. The van der Waals surface area contributed by atoms with Crippen LogP contribution in [0.3, 0.4) is 0 Å². The Labute approximate surface area is 112 Å². The first kappa shape index (κ1) is 12.4. The normalized spacial score (nSPS) is 20.1. The van der Waals surface area contributed by atoms with Crippen LogP contribution in [-0.4, -0.2) is 39.3 Å². The summed E-state index contributed by atoms with van der Waals surface area (Å²) in [4.78, 5) is 11.3. The van der Waals surface area contributed by atoms with E-state index in [0.29, 0.717) is 5.92 Å². The van der Waals surface area contributed by atoms with Gasteiger partial charge in [-0.05, 0) is 31.2 Å². The first-order valence-corrected chi connectivity index (χ1v) is 6.91. The van der Waals surface area contributed by atoms with Gasteiger partial charge in [-0.1, -0.05) is 0 Å². The molecule has 0 aromatic carbocycles. The van der Waals surface area contributed by atoms with Crippen LogP contribution in [0.5, 0.6) is 0 Å². The van der Waals surface area contributed by atoms with Gasteiger partial charge in [-0.3, -0.25) is 0 Å². The number of aliphatic hydroxyl groups excluding tert-OH is 1. The lowest BCUT2D eigenvalue weighted by atomic mass is 9.95. The van der Waals surface area contributed by atoms with Crippen LogP contribution in [0.2, 0.25) is 0 Å². The van der Waals surface area contributed by atoms with Crippen molar-refractivity contribution < 1.29 is 5.11 Å². The number of hydrogen-bond donors (Lipinski definition) is 1. The van der Waals surface area contributed by atoms with Crippen molar-refractivity contribution in [3.63, 3.8) is 0 Å². The van der Waals surface area contributed by atoms with Gasteiger partial charge in [0.2, 0.25) is 0 Å². The second-order valence-corrected chi connectivity index (χ2v) is 5.32. The number of imidazole rings is 1. The van der Waals surface area contributed by atoms with Crippen molar-refractivity contribution in [3.8, 4) is 0 Å². The maximum atomic E-state index is 9.10. The molecule has 2 aromatic heterocycles. The highest BCUT2D eigenvalue weighted by molar-refractivity contribution is 5.86. The second-order valence-electron chi connectivity index (χ2n) is 5.32. The summed E-state index contributed by atoms with van der Waals surface area (Å²) in [6, 6.07) is 2.00. The summed E-state index contributed by atoms with van der Waals surface area (Å²) in [5, 5.41) is 9.10. The molecule has 1 fully saturated rings. The molecule has 3 heterocycles. The number of anilines is 1. The summed E-state index contributed by atoms with van der Waals surface area (Å²) in [7, 11) is 2.00. The van der Waals surface area contributed by atoms with E-state index in [1.807, 2.05) is 30.2 Å². The van der Waals surface area contributed by atoms with Gasteiger partial charge >= 0.3 is 0 Å². The molecule has 0 amide bonds. The van der Waals surface area contributed by atoms with Gasteiger partial charge in [-0.15, -0.1) is 0 Å². The Bertz CT molecular complexity index is 564. The van der Waals surface area contributed by atoms with Gasteiger partial charge in [0.05, 0.1) is 11.8 Å². The molecule has 0 aliphatic carbocycles. The highest BCUT2D eigenvalue weighted by Crippen LogP contribution is 2.28. The molecule has 19 heavy (non-hydrogen) atoms. The fourth-order valence-electron chi connectivity index (χ4n) is 2.96. The number of aliphatic hydroxyl groups is 1. The zero-order valence-corrected chi connectivity index (χ0v) is 11.3. The third kappa shape index (κ3) is 2.30. The molecule has 1 saturated heterocycles. The molecule has 0 spiro atoms. The minimum absolute atomic E-state index is 0.278. The van der Waals surface area contributed by atoms with Crippen LogP contribution in [0, 0.1) is 5.92 Å². The number of aryl methyl sites for hydroxylation is 1. The number of nitrogens with zero attached hydrogens (tertiary/aromatic N) is 4. The molecule has 0 bridgehead atoms. The molecular formula is C14H20N4O. The van der Waals surface area contributed by atoms with Gasteiger partial charge < -0.3 is 14.6 Å². The highest BCUT2D eigenvalue weighted by atomic mass is 16.3. The van der Waals surface area contributed by atoms with Crippen LogP contribution in [0.15, 0.2) is 18.6 Å². The van der Waals surface area contributed by atoms with Crippen molar-refractivity contribution in [2.24, 2.45) is 13.0 Å². The van der Waals surface area contributed by atoms with Crippen LogP contribution in [0.25, 0.3) is 11.0 Å². The quantitative estimate of drug-likeness (QED) is 0.910. The number of pyridine rings is 1. The van der Waals surface area contributed by atoms with Crippen LogP contribution in [-0.2, 0) is 7.05 Å². The Morgan fingerprint density at radius 2 is 2.32 bits per heavy atom. The molecule has 1 atom stereocenters. The van der Waals surface area contributed by atoms with Gasteiger partial charge in [-0.2, -0.15) is 0 Å². The number of piperidine rings is 1. The summed E-state index contributed by atoms with van der Waals surface area (Å²) < 4.78 is 2.02. The third-order valence-corrected chi connectivity index (χ3v) is 3.98. The van der Waals surface area contributed by atoms with Gasteiger partial charge in [0.1, 0.15) is 5.52 Å². The standard InChI is InChI=1S/C14H20N4O/c1-17-10-16-13-12(17)4-6-15-14(13)18-7-2-3-11(9-18)5-8-19/h4,6,10-11,19H,2-3,5,7-9H2,1H3. The van der Waals surface area contributed by atoms with Gasteiger partial charge in [0.25, 0.3) is 0 Å². The maximum Gasteiger partial charge on any atom is 0.156 e. The molecule has 1 N–H and O–H groups in total. The summed E-state index contributed by atoms with van der Waals surface area (Å²) in [6.07, 6.45) is 6.94. The first-order chi connectivity index (χ1) is 9.29. The lowest BCUT2D eigenvalue weighted by molar-refractivity contribution is 0.244. The van der Waals surface area contributed by atoms with E-state index in [1.165, 1.54) is 6.42 Å². The van der Waals surface area contributed by atoms with Crippen LogP contribution < -0.4 is 4.90 Å². The Morgan fingerprint density at radius 1 is 1.42 bits per heavy atom. The van der Waals surface area contributed by atoms with E-state index < -0.39 is 0 Å². The average Bonchev–Trinajstić information content (AvgIpc) is 2.81. The van der Waals surface area contributed by atoms with E-state index in [1.54, 1.807) is 0 Å². The Morgan fingerprint density at radius 3 is 3.16 bits per heavy atom. The fraction of sp³-hybridized carbons (Fsp3) is 0.571. The molecule has 1 unspecified atom stereocenters. The Balaban J connectivity index is 1.91. The lowest BCUT2D eigenvalue weighted by Crippen LogP contribution is -2.36. The number of rotatable bonds is 3. The van der Waals surface area contributed by atoms with Gasteiger partial charge in [-0.25, -0.2) is 9.97 Å². The van der Waals surface area contributed by atoms with Crippen LogP contribution in [0.1, 0.15) is 19.3 Å². The van der Waals surface area contributed by atoms with Crippen LogP contribution in [0.4, 0.5) is 5.82 Å². The molecule has 2 aromatic rings. The third-order valence-electron chi connectivity index (χ3n) is 3.98. The first-order valence-electron chi connectivity index (χ1n) is 6.91. The maximum absolute atomic E-state index is 9.10. The van der Waals surface area contributed by atoms with E-state index in [-0.39, 0.29) is 6.61 Å². The minimum Gasteiger partial charge on any atom is -0.396 e. The monoisotopic (exact) mass is 260 g/mol. The fourth-order valence-corrected chi connectivity index (χ4v) is 2.96. The Kier molecular flexibility index (Phi) is 3.38. The summed E-state index contributed by atoms with van der Waals surface area (Å²) in [6.45, 7) is 2.29. The van der Waals surface area contributed by atoms with E-state index in [2.05, 4.69) is 14.9 Å². The number of hydrogen-bond acceptors (Lipinski definition) is 4. The molecule has 3 rings (SSSR count). The van der Waals surface area contributed by atoms with E-state index in [0.717, 1.165) is 42.8 Å². The molecule has 1 aliphatic heterocycles. The SMILES string of the molecule is Cn1cnc2c(N3CCCC(CCO)C3)nccc21. The summed E-state index contributed by atoms with van der Waals surface area (Å²) in [5.41, 5.74) is 2.10. The average molecular weight is 260 g/mol. The van der Waals surface area contributed by atoms with Gasteiger partial charge in [0, 0.05) is 32.9 Å². The Hall–Kier alpha value is -1.62. The number of fused-ring (bicyclic) bond motifs is 1. The second kappa shape index (κ2) is 5.17. The van der Waals surface area contributed by atoms with E-state index in [9.17, 15) is 0 Å².